The first-order valence-corrected chi connectivity index (χ1v) is 6.32. The highest BCUT2D eigenvalue weighted by atomic mass is 16.5. The van der Waals surface area contributed by atoms with Gasteiger partial charge >= 0.3 is 12.0 Å². The second-order valence-electron chi connectivity index (χ2n) is 4.46. The average molecular weight is 271 g/mol. The molecular formula is C14H13N3O3. The van der Waals surface area contributed by atoms with Gasteiger partial charge in [0.05, 0.1) is 11.9 Å². The van der Waals surface area contributed by atoms with Gasteiger partial charge in [0, 0.05) is 13.0 Å². The standard InChI is InChI=1S/C14H13N3O3/c18-13(20-9-10-4-2-1-3-5-10)11-8-16-17-12(11)6-7-15-14(17)19/h1-5,8H,6-7,9H2,(H,15,19). The van der Waals surface area contributed by atoms with Crippen LogP contribution in [0.25, 0.3) is 0 Å². The van der Waals surface area contributed by atoms with Crippen LogP contribution in [-0.4, -0.2) is 28.3 Å². The molecule has 1 aromatic carbocycles. The van der Waals surface area contributed by atoms with Crippen LogP contribution in [0.5, 0.6) is 0 Å². The Balaban J connectivity index is 1.73. The number of nitrogens with zero attached hydrogens (tertiary/aromatic N) is 2. The molecule has 1 amide bonds. The number of hydrogen-bond acceptors (Lipinski definition) is 4. The van der Waals surface area contributed by atoms with E-state index in [9.17, 15) is 9.59 Å². The van der Waals surface area contributed by atoms with Gasteiger partial charge in [0.2, 0.25) is 0 Å². The predicted octanol–water partition coefficient (Wildman–Crippen LogP) is 1.35. The number of amides is 1. The Morgan fingerprint density at radius 1 is 1.35 bits per heavy atom. The van der Waals surface area contributed by atoms with Crippen molar-refractivity contribution in [3.63, 3.8) is 0 Å². The predicted molar refractivity (Wildman–Crippen MR) is 70.3 cm³/mol. The Morgan fingerprint density at radius 3 is 2.95 bits per heavy atom. The molecule has 0 saturated heterocycles. The average Bonchev–Trinajstić information content (AvgIpc) is 2.91. The fraction of sp³-hybridized carbons (Fsp3) is 0.214. The lowest BCUT2D eigenvalue weighted by molar-refractivity contribution is 0.0471. The SMILES string of the molecule is O=C(OCc1ccccc1)c1cnn2c1CCNC2=O. The third-order valence-electron chi connectivity index (χ3n) is 3.13. The van der Waals surface area contributed by atoms with E-state index in [0.29, 0.717) is 24.2 Å². The van der Waals surface area contributed by atoms with Crippen LogP contribution in [0.4, 0.5) is 4.79 Å². The molecule has 2 aromatic rings. The highest BCUT2D eigenvalue weighted by Gasteiger charge is 2.24. The van der Waals surface area contributed by atoms with Gasteiger partial charge in [-0.1, -0.05) is 30.3 Å². The summed E-state index contributed by atoms with van der Waals surface area (Å²) in [5, 5.41) is 6.58. The zero-order valence-corrected chi connectivity index (χ0v) is 10.7. The lowest BCUT2D eigenvalue weighted by atomic mass is 10.2. The van der Waals surface area contributed by atoms with Crippen molar-refractivity contribution in [2.75, 3.05) is 6.54 Å². The normalized spacial score (nSPS) is 13.5. The quantitative estimate of drug-likeness (QED) is 0.855. The second-order valence-corrected chi connectivity index (χ2v) is 4.46. The van der Waals surface area contributed by atoms with Gasteiger partial charge in [-0.3, -0.25) is 0 Å². The lowest BCUT2D eigenvalue weighted by Crippen LogP contribution is -2.37. The molecule has 1 N–H and O–H groups in total. The van der Waals surface area contributed by atoms with Crippen LogP contribution in [0.1, 0.15) is 21.6 Å². The van der Waals surface area contributed by atoms with Gasteiger partial charge in [-0.2, -0.15) is 9.78 Å². The summed E-state index contributed by atoms with van der Waals surface area (Å²) in [5.41, 5.74) is 1.88. The van der Waals surface area contributed by atoms with Gasteiger partial charge in [-0.25, -0.2) is 9.59 Å². The fourth-order valence-corrected chi connectivity index (χ4v) is 2.12. The summed E-state index contributed by atoms with van der Waals surface area (Å²) in [5.74, 6) is -0.454. The minimum absolute atomic E-state index is 0.205. The topological polar surface area (TPSA) is 73.2 Å². The van der Waals surface area contributed by atoms with E-state index in [2.05, 4.69) is 10.4 Å². The van der Waals surface area contributed by atoms with Crippen LogP contribution in [0.2, 0.25) is 0 Å². The number of carbonyl (C=O) groups excluding carboxylic acids is 2. The monoisotopic (exact) mass is 271 g/mol. The van der Waals surface area contributed by atoms with Crippen molar-refractivity contribution < 1.29 is 14.3 Å². The minimum Gasteiger partial charge on any atom is -0.457 e. The fourth-order valence-electron chi connectivity index (χ4n) is 2.12. The Bertz CT molecular complexity index is 649. The number of hydrogen-bond donors (Lipinski definition) is 1. The molecule has 0 bridgehead atoms. The molecule has 0 aliphatic carbocycles. The highest BCUT2D eigenvalue weighted by Crippen LogP contribution is 2.14. The molecule has 0 spiro atoms. The van der Waals surface area contributed by atoms with Gasteiger partial charge in [0.1, 0.15) is 12.2 Å². The van der Waals surface area contributed by atoms with Crippen LogP contribution in [0, 0.1) is 0 Å². The van der Waals surface area contributed by atoms with Crippen molar-refractivity contribution in [3.05, 3.63) is 53.3 Å². The second kappa shape index (κ2) is 5.16. The van der Waals surface area contributed by atoms with Gasteiger partial charge in [-0.05, 0) is 5.56 Å². The largest absolute Gasteiger partial charge is 0.457 e. The molecule has 1 aliphatic heterocycles. The van der Waals surface area contributed by atoms with Gasteiger partial charge in [-0.15, -0.1) is 0 Å². The number of rotatable bonds is 3. The number of benzene rings is 1. The molecule has 102 valence electrons. The van der Waals surface area contributed by atoms with Crippen LogP contribution >= 0.6 is 0 Å². The van der Waals surface area contributed by atoms with Crippen molar-refractivity contribution in [1.29, 1.82) is 0 Å². The number of esters is 1. The Kier molecular flexibility index (Phi) is 3.20. The van der Waals surface area contributed by atoms with E-state index in [1.807, 2.05) is 30.3 Å². The number of nitrogens with one attached hydrogen (secondary N) is 1. The molecule has 0 unspecified atom stereocenters. The van der Waals surface area contributed by atoms with E-state index in [1.54, 1.807) is 0 Å². The molecule has 6 nitrogen and oxygen atoms in total. The molecule has 0 atom stereocenters. The maximum atomic E-state index is 12.1. The van der Waals surface area contributed by atoms with Crippen molar-refractivity contribution in [3.8, 4) is 0 Å². The molecule has 1 aromatic heterocycles. The Labute approximate surface area is 115 Å². The lowest BCUT2D eigenvalue weighted by Gasteiger charge is -2.14. The molecule has 1 aliphatic rings. The number of ether oxygens (including phenoxy) is 1. The third kappa shape index (κ3) is 2.27. The number of carbonyl (C=O) groups is 2. The zero-order chi connectivity index (χ0) is 13.9. The molecule has 0 fully saturated rings. The minimum atomic E-state index is -0.454. The smallest absolute Gasteiger partial charge is 0.342 e. The van der Waals surface area contributed by atoms with Crippen molar-refractivity contribution >= 4 is 12.0 Å². The first kappa shape index (κ1) is 12.4. The van der Waals surface area contributed by atoms with Crippen LogP contribution in [0.15, 0.2) is 36.5 Å². The maximum Gasteiger partial charge on any atom is 0.342 e. The first-order chi connectivity index (χ1) is 9.75. The Hall–Kier alpha value is -2.63. The van der Waals surface area contributed by atoms with Crippen molar-refractivity contribution in [1.82, 2.24) is 15.1 Å². The number of aromatic nitrogens is 2. The van der Waals surface area contributed by atoms with E-state index in [4.69, 9.17) is 4.74 Å². The summed E-state index contributed by atoms with van der Waals surface area (Å²) in [6.45, 7) is 0.708. The van der Waals surface area contributed by atoms with Crippen LogP contribution < -0.4 is 5.32 Å². The van der Waals surface area contributed by atoms with E-state index in [-0.39, 0.29) is 12.6 Å². The molecule has 3 rings (SSSR count). The molecular weight excluding hydrogens is 258 g/mol. The zero-order valence-electron chi connectivity index (χ0n) is 10.7. The first-order valence-electron chi connectivity index (χ1n) is 6.32. The van der Waals surface area contributed by atoms with Gasteiger partial charge in [0.25, 0.3) is 0 Å². The Morgan fingerprint density at radius 2 is 2.15 bits per heavy atom. The van der Waals surface area contributed by atoms with Crippen molar-refractivity contribution in [2.45, 2.75) is 13.0 Å². The van der Waals surface area contributed by atoms with E-state index < -0.39 is 5.97 Å². The molecule has 20 heavy (non-hydrogen) atoms. The molecule has 6 heteroatoms. The van der Waals surface area contributed by atoms with Crippen LogP contribution in [-0.2, 0) is 17.8 Å². The van der Waals surface area contributed by atoms with E-state index >= 15 is 0 Å². The van der Waals surface area contributed by atoms with Gasteiger partial charge in [0.15, 0.2) is 0 Å². The maximum absolute atomic E-state index is 12.1. The van der Waals surface area contributed by atoms with Gasteiger partial charge < -0.3 is 10.1 Å². The summed E-state index contributed by atoms with van der Waals surface area (Å²) in [7, 11) is 0. The van der Waals surface area contributed by atoms with E-state index in [0.717, 1.165) is 5.56 Å². The third-order valence-corrected chi connectivity index (χ3v) is 3.13. The molecule has 0 saturated carbocycles. The summed E-state index contributed by atoms with van der Waals surface area (Å²) in [6.07, 6.45) is 1.95. The summed E-state index contributed by atoms with van der Waals surface area (Å²) in [4.78, 5) is 23.6. The summed E-state index contributed by atoms with van der Waals surface area (Å²) < 4.78 is 6.46. The summed E-state index contributed by atoms with van der Waals surface area (Å²) >= 11 is 0. The van der Waals surface area contributed by atoms with Crippen LogP contribution in [0.3, 0.4) is 0 Å². The molecule has 2 heterocycles. The van der Waals surface area contributed by atoms with E-state index in [1.165, 1.54) is 10.9 Å². The summed E-state index contributed by atoms with van der Waals surface area (Å²) in [6, 6.07) is 9.12. The van der Waals surface area contributed by atoms with Crippen molar-refractivity contribution in [2.24, 2.45) is 0 Å². The highest BCUT2D eigenvalue weighted by molar-refractivity contribution is 5.92. The number of fused-ring (bicyclic) bond motifs is 1. The molecule has 0 radical (unpaired) electrons.